The van der Waals surface area contributed by atoms with Crippen molar-refractivity contribution in [3.63, 3.8) is 0 Å². The number of Topliss-reactive ketones (excluding diaryl/α,β-unsaturated/α-hetero) is 1. The molecule has 0 atom stereocenters. The molecule has 6 heteroatoms. The highest BCUT2D eigenvalue weighted by molar-refractivity contribution is 6.33. The van der Waals surface area contributed by atoms with Crippen LogP contribution in [0.4, 0.5) is 0 Å². The van der Waals surface area contributed by atoms with Crippen LogP contribution < -0.4 is 5.43 Å². The van der Waals surface area contributed by atoms with Gasteiger partial charge >= 0.3 is 0 Å². The average molecular weight is 509 g/mol. The number of benzene rings is 3. The smallest absolute Gasteiger partial charge is 0.200 e. The highest BCUT2D eigenvalue weighted by Gasteiger charge is 2.21. The van der Waals surface area contributed by atoms with Crippen molar-refractivity contribution in [1.82, 2.24) is 0 Å². The molecule has 1 heterocycles. The van der Waals surface area contributed by atoms with Gasteiger partial charge in [-0.3, -0.25) is 9.59 Å². The molecule has 180 valence electrons. The molecule has 2 aromatic carbocycles. The fourth-order valence-corrected chi connectivity index (χ4v) is 5.49. The molecule has 0 amide bonds. The lowest BCUT2D eigenvalue weighted by Crippen LogP contribution is -2.10. The van der Waals surface area contributed by atoms with Gasteiger partial charge in [-0.2, -0.15) is 0 Å². The van der Waals surface area contributed by atoms with E-state index in [1.54, 1.807) is 12.1 Å². The molecule has 0 unspecified atom stereocenters. The molecule has 0 radical (unpaired) electrons. The minimum atomic E-state index is -0.346. The van der Waals surface area contributed by atoms with E-state index in [4.69, 9.17) is 27.6 Å². The fraction of sp³-hybridized carbons (Fsp3) is 0.310. The number of fused-ring (bicyclic) bond motifs is 2. The number of rotatable bonds is 4. The lowest BCUT2D eigenvalue weighted by atomic mass is 9.86. The average Bonchev–Trinajstić information content (AvgIpc) is 2.81. The number of carbonyl (C=O) groups is 1. The predicted molar refractivity (Wildman–Crippen MR) is 141 cm³/mol. The molecule has 4 nitrogen and oxygen atoms in total. The van der Waals surface area contributed by atoms with Gasteiger partial charge in [0.1, 0.15) is 17.1 Å². The largest absolute Gasteiger partial charge is 0.506 e. The topological polar surface area (TPSA) is 67.5 Å². The summed E-state index contributed by atoms with van der Waals surface area (Å²) in [4.78, 5) is 25.2. The van der Waals surface area contributed by atoms with Crippen LogP contribution >= 0.6 is 23.2 Å². The van der Waals surface area contributed by atoms with E-state index in [9.17, 15) is 14.7 Å². The summed E-state index contributed by atoms with van der Waals surface area (Å²) in [6.45, 7) is 0. The first-order chi connectivity index (χ1) is 16.9. The van der Waals surface area contributed by atoms with Crippen LogP contribution in [0.5, 0.6) is 5.75 Å². The van der Waals surface area contributed by atoms with Gasteiger partial charge in [-0.05, 0) is 23.6 Å². The summed E-state index contributed by atoms with van der Waals surface area (Å²) in [5.74, 6) is 0.879. The van der Waals surface area contributed by atoms with Crippen LogP contribution in [0, 0.1) is 5.92 Å². The third kappa shape index (κ3) is 4.96. The summed E-state index contributed by atoms with van der Waals surface area (Å²) in [7, 11) is 0. The Morgan fingerprint density at radius 2 is 1.60 bits per heavy atom. The van der Waals surface area contributed by atoms with Crippen LogP contribution in [0.3, 0.4) is 0 Å². The van der Waals surface area contributed by atoms with Gasteiger partial charge in [0.25, 0.3) is 0 Å². The van der Waals surface area contributed by atoms with Gasteiger partial charge in [-0.1, -0.05) is 92.4 Å². The van der Waals surface area contributed by atoms with E-state index < -0.39 is 0 Å². The summed E-state index contributed by atoms with van der Waals surface area (Å²) in [5.41, 5.74) is 2.99. The zero-order valence-corrected chi connectivity index (χ0v) is 20.8. The highest BCUT2D eigenvalue weighted by atomic mass is 35.5. The maximum Gasteiger partial charge on any atom is 0.200 e. The van der Waals surface area contributed by atoms with E-state index in [1.165, 1.54) is 44.2 Å². The molecular weight excluding hydrogens is 483 g/mol. The Balaban J connectivity index is 1.54. The molecule has 2 aromatic rings. The van der Waals surface area contributed by atoms with E-state index in [-0.39, 0.29) is 27.0 Å². The quantitative estimate of drug-likeness (QED) is 0.221. The molecule has 1 N–H and O–H groups in total. The first kappa shape index (κ1) is 23.9. The van der Waals surface area contributed by atoms with E-state index in [0.29, 0.717) is 40.2 Å². The molecule has 35 heavy (non-hydrogen) atoms. The summed E-state index contributed by atoms with van der Waals surface area (Å²) in [5, 5.41) is 11.0. The second-order valence-corrected chi connectivity index (χ2v) is 10.3. The molecule has 1 aliphatic heterocycles. The fourth-order valence-electron chi connectivity index (χ4n) is 5.16. The SMILES string of the molecule is O=C(CC1CCCCCCC1)c1ccc(-c2c3cc(Cl)c(=O)cc-3oc3cc(O)c(Cl)cc23)cc1. The highest BCUT2D eigenvalue weighted by Crippen LogP contribution is 2.43. The first-order valence-corrected chi connectivity index (χ1v) is 12.9. The molecule has 5 rings (SSSR count). The molecule has 1 saturated carbocycles. The number of hydrogen-bond donors (Lipinski definition) is 1. The summed E-state index contributed by atoms with van der Waals surface area (Å²) in [6.07, 6.45) is 9.12. The summed E-state index contributed by atoms with van der Waals surface area (Å²) < 4.78 is 5.91. The van der Waals surface area contributed by atoms with E-state index in [0.717, 1.165) is 24.0 Å². The van der Waals surface area contributed by atoms with Crippen molar-refractivity contribution in [1.29, 1.82) is 0 Å². The normalized spacial score (nSPS) is 15.3. The van der Waals surface area contributed by atoms with Crippen molar-refractivity contribution in [2.45, 2.75) is 51.4 Å². The Hall–Kier alpha value is -2.82. The number of halogens is 2. The van der Waals surface area contributed by atoms with Crippen LogP contribution in [-0.4, -0.2) is 10.9 Å². The molecular formula is C29H26Cl2O4. The van der Waals surface area contributed by atoms with Gasteiger partial charge in [-0.15, -0.1) is 0 Å². The van der Waals surface area contributed by atoms with Crippen molar-refractivity contribution >= 4 is 40.0 Å². The van der Waals surface area contributed by atoms with Crippen molar-refractivity contribution in [2.24, 2.45) is 5.92 Å². The maximum atomic E-state index is 13.0. The molecule has 0 saturated heterocycles. The standard InChI is InChI=1S/C29H26Cl2O4/c30-22-13-20-27(15-25(22)33)35-28-16-26(34)23(31)14-21(28)29(20)19-10-8-18(9-11-19)24(32)12-17-6-4-2-1-3-5-7-17/h8-11,13-17,33H,1-7,12H2. The molecule has 0 aromatic heterocycles. The second kappa shape index (κ2) is 10.0. The molecule has 3 aliphatic rings. The third-order valence-electron chi connectivity index (χ3n) is 7.04. The maximum absolute atomic E-state index is 13.0. The second-order valence-electron chi connectivity index (χ2n) is 9.47. The minimum absolute atomic E-state index is 0.0872. The van der Waals surface area contributed by atoms with Crippen molar-refractivity contribution in [3.05, 3.63) is 74.4 Å². The number of ketones is 1. The molecule has 1 fully saturated rings. The number of phenols is 1. The molecule has 2 aliphatic carbocycles. The summed E-state index contributed by atoms with van der Waals surface area (Å²) in [6, 6.07) is 13.5. The Morgan fingerprint density at radius 3 is 2.31 bits per heavy atom. The van der Waals surface area contributed by atoms with Gasteiger partial charge in [0, 0.05) is 40.6 Å². The third-order valence-corrected chi connectivity index (χ3v) is 7.63. The van der Waals surface area contributed by atoms with Gasteiger partial charge in [0.05, 0.1) is 10.0 Å². The van der Waals surface area contributed by atoms with E-state index >= 15 is 0 Å². The Bertz CT molecular complexity index is 1410. The number of carbonyl (C=O) groups excluding carboxylic acids is 1. The minimum Gasteiger partial charge on any atom is -0.506 e. The predicted octanol–water partition coefficient (Wildman–Crippen LogP) is 8.51. The lowest BCUT2D eigenvalue weighted by molar-refractivity contribution is 0.0953. The van der Waals surface area contributed by atoms with Crippen molar-refractivity contribution in [2.75, 3.05) is 0 Å². The number of phenolic OH excluding ortho intramolecular Hbond substituents is 1. The molecule has 0 spiro atoms. The zero-order valence-electron chi connectivity index (χ0n) is 19.3. The van der Waals surface area contributed by atoms with Crippen molar-refractivity contribution in [3.8, 4) is 28.2 Å². The van der Waals surface area contributed by atoms with Crippen LogP contribution in [0.15, 0.2) is 57.7 Å². The first-order valence-electron chi connectivity index (χ1n) is 12.1. The Morgan fingerprint density at radius 1 is 0.914 bits per heavy atom. The van der Waals surface area contributed by atoms with Crippen molar-refractivity contribution < 1.29 is 14.3 Å². The monoisotopic (exact) mass is 508 g/mol. The van der Waals surface area contributed by atoms with Crippen LogP contribution in [0.1, 0.15) is 61.7 Å². The van der Waals surface area contributed by atoms with Gasteiger partial charge in [0.15, 0.2) is 5.78 Å². The van der Waals surface area contributed by atoms with E-state index in [2.05, 4.69) is 0 Å². The lowest BCUT2D eigenvalue weighted by Gasteiger charge is -2.19. The number of hydrogen-bond acceptors (Lipinski definition) is 4. The summed E-state index contributed by atoms with van der Waals surface area (Å²) >= 11 is 12.4. The Kier molecular flexibility index (Phi) is 6.86. The molecule has 0 bridgehead atoms. The van der Waals surface area contributed by atoms with Crippen LogP contribution in [-0.2, 0) is 0 Å². The van der Waals surface area contributed by atoms with Gasteiger partial charge in [-0.25, -0.2) is 0 Å². The van der Waals surface area contributed by atoms with E-state index in [1.807, 2.05) is 24.3 Å². The van der Waals surface area contributed by atoms with Gasteiger partial charge < -0.3 is 9.52 Å². The van der Waals surface area contributed by atoms with Gasteiger partial charge in [0.2, 0.25) is 5.43 Å². The van der Waals surface area contributed by atoms with Crippen LogP contribution in [0.2, 0.25) is 10.0 Å². The zero-order chi connectivity index (χ0) is 24.5. The number of aromatic hydroxyl groups is 1. The Labute approximate surface area is 213 Å². The van der Waals surface area contributed by atoms with Crippen LogP contribution in [0.25, 0.3) is 33.4 Å².